The minimum absolute atomic E-state index is 0.153. The molecule has 2 aromatic rings. The molecule has 2 heteroatoms. The fourth-order valence-corrected chi connectivity index (χ4v) is 4.61. The highest BCUT2D eigenvalue weighted by Gasteiger charge is 2.40. The number of hydrogen-bond donors (Lipinski definition) is 0. The SMILES string of the molecule is COc1ccc(C2(C)CCCC(C(C)(C)c3ccc(OC)cc3)C2)cc1. The van der Waals surface area contributed by atoms with Gasteiger partial charge in [0.25, 0.3) is 0 Å². The lowest BCUT2D eigenvalue weighted by Gasteiger charge is -2.45. The quantitative estimate of drug-likeness (QED) is 0.644. The maximum absolute atomic E-state index is 5.33. The molecule has 3 rings (SSSR count). The number of rotatable bonds is 5. The van der Waals surface area contributed by atoms with Crippen molar-refractivity contribution in [1.29, 1.82) is 0 Å². The number of hydrogen-bond acceptors (Lipinski definition) is 2. The van der Waals surface area contributed by atoms with Gasteiger partial charge in [0, 0.05) is 0 Å². The summed E-state index contributed by atoms with van der Waals surface area (Å²) in [5.41, 5.74) is 3.23. The molecule has 0 radical (unpaired) electrons. The van der Waals surface area contributed by atoms with E-state index in [9.17, 15) is 0 Å². The second-order valence-electron chi connectivity index (χ2n) is 8.53. The molecule has 1 aliphatic rings. The summed E-state index contributed by atoms with van der Waals surface area (Å²) in [5.74, 6) is 2.52. The summed E-state index contributed by atoms with van der Waals surface area (Å²) in [6.07, 6.45) is 5.06. The second kappa shape index (κ2) is 7.34. The highest BCUT2D eigenvalue weighted by atomic mass is 16.5. The van der Waals surface area contributed by atoms with Crippen LogP contribution in [0.5, 0.6) is 11.5 Å². The van der Waals surface area contributed by atoms with E-state index in [1.165, 1.54) is 36.8 Å². The summed E-state index contributed by atoms with van der Waals surface area (Å²) >= 11 is 0. The minimum atomic E-state index is 0.153. The lowest BCUT2D eigenvalue weighted by molar-refractivity contribution is 0.167. The van der Waals surface area contributed by atoms with E-state index >= 15 is 0 Å². The van der Waals surface area contributed by atoms with E-state index < -0.39 is 0 Å². The summed E-state index contributed by atoms with van der Waals surface area (Å²) < 4.78 is 10.7. The third kappa shape index (κ3) is 3.60. The molecule has 0 heterocycles. The van der Waals surface area contributed by atoms with Gasteiger partial charge in [-0.05, 0) is 71.4 Å². The molecule has 2 unspecified atom stereocenters. The number of ether oxygens (including phenoxy) is 2. The Balaban J connectivity index is 1.83. The zero-order valence-electron chi connectivity index (χ0n) is 16.8. The van der Waals surface area contributed by atoms with Gasteiger partial charge in [-0.25, -0.2) is 0 Å². The van der Waals surface area contributed by atoms with Crippen LogP contribution < -0.4 is 9.47 Å². The molecule has 0 saturated heterocycles. The predicted molar refractivity (Wildman–Crippen MR) is 108 cm³/mol. The van der Waals surface area contributed by atoms with Crippen LogP contribution in [-0.4, -0.2) is 14.2 Å². The van der Waals surface area contributed by atoms with Gasteiger partial charge in [-0.15, -0.1) is 0 Å². The first kappa shape index (κ1) is 18.8. The fraction of sp³-hybridized carbons (Fsp3) is 0.500. The Morgan fingerprint density at radius 3 is 1.96 bits per heavy atom. The van der Waals surface area contributed by atoms with Crippen molar-refractivity contribution in [2.75, 3.05) is 14.2 Å². The van der Waals surface area contributed by atoms with Gasteiger partial charge in [0.15, 0.2) is 0 Å². The highest BCUT2D eigenvalue weighted by molar-refractivity contribution is 5.35. The molecular formula is C24H32O2. The molecule has 26 heavy (non-hydrogen) atoms. The monoisotopic (exact) mass is 352 g/mol. The van der Waals surface area contributed by atoms with Gasteiger partial charge < -0.3 is 9.47 Å². The summed E-state index contributed by atoms with van der Waals surface area (Å²) in [6, 6.07) is 17.3. The Labute approximate surface area is 158 Å². The van der Waals surface area contributed by atoms with Crippen molar-refractivity contribution in [2.24, 2.45) is 5.92 Å². The maximum atomic E-state index is 5.33. The van der Waals surface area contributed by atoms with Crippen LogP contribution in [0, 0.1) is 5.92 Å². The third-order valence-electron chi connectivity index (χ3n) is 6.62. The lowest BCUT2D eigenvalue weighted by Crippen LogP contribution is -2.38. The first-order valence-corrected chi connectivity index (χ1v) is 9.68. The van der Waals surface area contributed by atoms with Crippen molar-refractivity contribution in [3.63, 3.8) is 0 Å². The van der Waals surface area contributed by atoms with Gasteiger partial charge in [-0.1, -0.05) is 51.5 Å². The highest BCUT2D eigenvalue weighted by Crippen LogP contribution is 2.49. The van der Waals surface area contributed by atoms with Crippen LogP contribution in [0.25, 0.3) is 0 Å². The van der Waals surface area contributed by atoms with Crippen molar-refractivity contribution in [1.82, 2.24) is 0 Å². The van der Waals surface area contributed by atoms with Crippen LogP contribution in [0.15, 0.2) is 48.5 Å². The molecule has 2 nitrogen and oxygen atoms in total. The van der Waals surface area contributed by atoms with Gasteiger partial charge >= 0.3 is 0 Å². The van der Waals surface area contributed by atoms with Crippen molar-refractivity contribution >= 4 is 0 Å². The molecule has 1 fully saturated rings. The van der Waals surface area contributed by atoms with E-state index in [0.29, 0.717) is 5.92 Å². The smallest absolute Gasteiger partial charge is 0.118 e. The Hall–Kier alpha value is -1.96. The molecule has 2 atom stereocenters. The zero-order chi connectivity index (χ0) is 18.8. The normalized spacial score (nSPS) is 23.5. The molecule has 0 spiro atoms. The van der Waals surface area contributed by atoms with Crippen LogP contribution in [0.2, 0.25) is 0 Å². The lowest BCUT2D eigenvalue weighted by atomic mass is 9.59. The Morgan fingerprint density at radius 1 is 0.885 bits per heavy atom. The van der Waals surface area contributed by atoms with Gasteiger partial charge in [-0.3, -0.25) is 0 Å². The van der Waals surface area contributed by atoms with Crippen molar-refractivity contribution in [3.8, 4) is 11.5 Å². The van der Waals surface area contributed by atoms with Crippen LogP contribution in [-0.2, 0) is 10.8 Å². The Bertz CT molecular complexity index is 667. The molecule has 0 bridgehead atoms. The molecule has 1 saturated carbocycles. The van der Waals surface area contributed by atoms with Gasteiger partial charge in [0.1, 0.15) is 11.5 Å². The van der Waals surface area contributed by atoms with Crippen LogP contribution in [0.4, 0.5) is 0 Å². The minimum Gasteiger partial charge on any atom is -0.497 e. The van der Waals surface area contributed by atoms with Gasteiger partial charge in [0.05, 0.1) is 14.2 Å². The van der Waals surface area contributed by atoms with E-state index in [-0.39, 0.29) is 10.8 Å². The zero-order valence-corrected chi connectivity index (χ0v) is 16.8. The number of benzene rings is 2. The van der Waals surface area contributed by atoms with Crippen LogP contribution in [0.3, 0.4) is 0 Å². The summed E-state index contributed by atoms with van der Waals surface area (Å²) in [4.78, 5) is 0. The van der Waals surface area contributed by atoms with E-state index in [4.69, 9.17) is 9.47 Å². The van der Waals surface area contributed by atoms with E-state index in [0.717, 1.165) is 11.5 Å². The standard InChI is InChI=1S/C24H32O2/c1-23(2,18-8-12-21(25-4)13-9-18)20-7-6-16-24(3,17-20)19-10-14-22(26-5)15-11-19/h8-15,20H,6-7,16-17H2,1-5H3. The van der Waals surface area contributed by atoms with Crippen LogP contribution >= 0.6 is 0 Å². The van der Waals surface area contributed by atoms with Crippen molar-refractivity contribution < 1.29 is 9.47 Å². The van der Waals surface area contributed by atoms with Gasteiger partial charge in [0.2, 0.25) is 0 Å². The molecule has 140 valence electrons. The van der Waals surface area contributed by atoms with Crippen LogP contribution in [0.1, 0.15) is 57.6 Å². The average Bonchev–Trinajstić information content (AvgIpc) is 2.68. The molecular weight excluding hydrogens is 320 g/mol. The molecule has 2 aromatic carbocycles. The first-order valence-electron chi connectivity index (χ1n) is 9.68. The fourth-order valence-electron chi connectivity index (χ4n) is 4.61. The predicted octanol–water partition coefficient (Wildman–Crippen LogP) is 6.13. The summed E-state index contributed by atoms with van der Waals surface area (Å²) in [6.45, 7) is 7.24. The Morgan fingerprint density at radius 2 is 1.42 bits per heavy atom. The van der Waals surface area contributed by atoms with E-state index in [1.54, 1.807) is 14.2 Å². The topological polar surface area (TPSA) is 18.5 Å². The molecule has 0 aromatic heterocycles. The maximum Gasteiger partial charge on any atom is 0.118 e. The molecule has 0 N–H and O–H groups in total. The summed E-state index contributed by atoms with van der Waals surface area (Å²) in [5, 5.41) is 0. The Kier molecular flexibility index (Phi) is 5.32. The van der Waals surface area contributed by atoms with E-state index in [2.05, 4.69) is 69.3 Å². The third-order valence-corrected chi connectivity index (χ3v) is 6.62. The molecule has 1 aliphatic carbocycles. The largest absolute Gasteiger partial charge is 0.497 e. The second-order valence-corrected chi connectivity index (χ2v) is 8.53. The first-order chi connectivity index (χ1) is 12.4. The van der Waals surface area contributed by atoms with Crippen molar-refractivity contribution in [2.45, 2.75) is 57.3 Å². The molecule has 0 aliphatic heterocycles. The average molecular weight is 353 g/mol. The summed E-state index contributed by atoms with van der Waals surface area (Å²) in [7, 11) is 3.45. The number of methoxy groups -OCH3 is 2. The van der Waals surface area contributed by atoms with Crippen molar-refractivity contribution in [3.05, 3.63) is 59.7 Å². The van der Waals surface area contributed by atoms with Gasteiger partial charge in [-0.2, -0.15) is 0 Å². The van der Waals surface area contributed by atoms with E-state index in [1.807, 2.05) is 0 Å². The molecule has 0 amide bonds.